The number of rotatable bonds is 6. The maximum Gasteiger partial charge on any atom is 0.320 e. The topological polar surface area (TPSA) is 81.8 Å². The predicted molar refractivity (Wildman–Crippen MR) is 68.2 cm³/mol. The van der Waals surface area contributed by atoms with Gasteiger partial charge in [-0.2, -0.15) is 0 Å². The van der Waals surface area contributed by atoms with Gasteiger partial charge in [-0.1, -0.05) is 6.92 Å². The molecule has 1 atom stereocenters. The third-order valence-electron chi connectivity index (χ3n) is 2.88. The first kappa shape index (κ1) is 14.3. The number of hydrogen-bond acceptors (Lipinski definition) is 4. The van der Waals surface area contributed by atoms with Crippen LogP contribution >= 0.6 is 0 Å². The van der Waals surface area contributed by atoms with E-state index in [0.29, 0.717) is 5.75 Å². The highest BCUT2D eigenvalue weighted by Gasteiger charge is 2.19. The van der Waals surface area contributed by atoms with Crippen molar-refractivity contribution in [3.63, 3.8) is 0 Å². The Morgan fingerprint density at radius 1 is 1.28 bits per heavy atom. The van der Waals surface area contributed by atoms with E-state index >= 15 is 0 Å². The summed E-state index contributed by atoms with van der Waals surface area (Å²) >= 11 is 0. The lowest BCUT2D eigenvalue weighted by atomic mass is 9.97. The third-order valence-corrected chi connectivity index (χ3v) is 2.88. The van der Waals surface area contributed by atoms with E-state index in [-0.39, 0.29) is 6.42 Å². The van der Waals surface area contributed by atoms with Crippen molar-refractivity contribution in [1.29, 1.82) is 0 Å². The molecule has 1 aromatic rings. The molecule has 5 heteroatoms. The Morgan fingerprint density at radius 2 is 1.78 bits per heavy atom. The fourth-order valence-electron chi connectivity index (χ4n) is 1.95. The van der Waals surface area contributed by atoms with Crippen LogP contribution in [0.25, 0.3) is 0 Å². The number of carbonyl (C=O) groups is 1. The Bertz CT molecular complexity index is 431. The Hall–Kier alpha value is -1.75. The van der Waals surface area contributed by atoms with E-state index in [1.807, 2.05) is 13.0 Å². The standard InChI is InChI=1S/C13H19NO4/c1-4-8-9(7-10(14)13(15)16)12(18-3)6-5-11(8)17-2/h5-6,10H,4,7,14H2,1-3H3,(H,15,16). The lowest BCUT2D eigenvalue weighted by molar-refractivity contribution is -0.138. The van der Waals surface area contributed by atoms with Gasteiger partial charge in [0.15, 0.2) is 0 Å². The first-order valence-electron chi connectivity index (χ1n) is 5.76. The molecule has 0 aliphatic heterocycles. The first-order chi connectivity index (χ1) is 8.54. The van der Waals surface area contributed by atoms with Crippen molar-refractivity contribution < 1.29 is 19.4 Å². The second kappa shape index (κ2) is 6.26. The van der Waals surface area contributed by atoms with Crippen LogP contribution in [-0.2, 0) is 17.6 Å². The molecule has 18 heavy (non-hydrogen) atoms. The predicted octanol–water partition coefficient (Wildman–Crippen LogP) is 1.22. The summed E-state index contributed by atoms with van der Waals surface area (Å²) in [5, 5.41) is 8.90. The molecule has 0 fully saturated rings. The zero-order chi connectivity index (χ0) is 13.7. The molecule has 100 valence electrons. The Morgan fingerprint density at radius 3 is 2.17 bits per heavy atom. The fourth-order valence-corrected chi connectivity index (χ4v) is 1.95. The maximum atomic E-state index is 10.9. The summed E-state index contributed by atoms with van der Waals surface area (Å²) in [4.78, 5) is 10.9. The normalized spacial score (nSPS) is 12.0. The lowest BCUT2D eigenvalue weighted by Crippen LogP contribution is -2.32. The summed E-state index contributed by atoms with van der Waals surface area (Å²) in [6.45, 7) is 1.98. The molecule has 1 rings (SSSR count). The molecule has 0 saturated carbocycles. The average molecular weight is 253 g/mol. The van der Waals surface area contributed by atoms with Crippen LogP contribution in [-0.4, -0.2) is 31.3 Å². The monoisotopic (exact) mass is 253 g/mol. The third kappa shape index (κ3) is 2.92. The van der Waals surface area contributed by atoms with Crippen LogP contribution in [0.1, 0.15) is 18.1 Å². The van der Waals surface area contributed by atoms with E-state index < -0.39 is 12.0 Å². The Kier molecular flexibility index (Phi) is 4.97. The molecule has 3 N–H and O–H groups in total. The number of carboxylic acids is 1. The van der Waals surface area contributed by atoms with Crippen molar-refractivity contribution in [1.82, 2.24) is 0 Å². The second-order valence-corrected chi connectivity index (χ2v) is 3.93. The van der Waals surface area contributed by atoms with E-state index in [4.69, 9.17) is 20.3 Å². The van der Waals surface area contributed by atoms with Gasteiger partial charge in [0.1, 0.15) is 17.5 Å². The van der Waals surface area contributed by atoms with E-state index in [1.54, 1.807) is 20.3 Å². The van der Waals surface area contributed by atoms with Crippen LogP contribution in [0.5, 0.6) is 11.5 Å². The van der Waals surface area contributed by atoms with Gasteiger partial charge in [-0.05, 0) is 18.6 Å². The molecule has 0 saturated heterocycles. The molecule has 0 radical (unpaired) electrons. The van der Waals surface area contributed by atoms with Gasteiger partial charge in [-0.3, -0.25) is 4.79 Å². The van der Waals surface area contributed by atoms with Crippen molar-refractivity contribution in [3.8, 4) is 11.5 Å². The minimum atomic E-state index is -1.03. The Labute approximate surface area is 107 Å². The molecule has 1 aromatic carbocycles. The van der Waals surface area contributed by atoms with Gasteiger partial charge in [0.05, 0.1) is 14.2 Å². The minimum absolute atomic E-state index is 0.221. The first-order valence-corrected chi connectivity index (χ1v) is 5.76. The van der Waals surface area contributed by atoms with Crippen molar-refractivity contribution in [3.05, 3.63) is 23.3 Å². The van der Waals surface area contributed by atoms with E-state index in [2.05, 4.69) is 0 Å². The van der Waals surface area contributed by atoms with E-state index in [1.165, 1.54) is 0 Å². The molecule has 0 heterocycles. The van der Waals surface area contributed by atoms with Crippen LogP contribution in [0.3, 0.4) is 0 Å². The molecule has 1 unspecified atom stereocenters. The lowest BCUT2D eigenvalue weighted by Gasteiger charge is -2.17. The molecule has 5 nitrogen and oxygen atoms in total. The number of methoxy groups -OCH3 is 2. The summed E-state index contributed by atoms with van der Waals surface area (Å²) < 4.78 is 10.5. The van der Waals surface area contributed by atoms with Crippen LogP contribution in [0, 0.1) is 0 Å². The molecule has 0 bridgehead atoms. The van der Waals surface area contributed by atoms with Crippen LogP contribution < -0.4 is 15.2 Å². The zero-order valence-electron chi connectivity index (χ0n) is 10.9. The van der Waals surface area contributed by atoms with Gasteiger partial charge in [0.25, 0.3) is 0 Å². The molecule has 0 amide bonds. The highest BCUT2D eigenvalue weighted by molar-refractivity contribution is 5.74. The molecule has 0 aromatic heterocycles. The van der Waals surface area contributed by atoms with Gasteiger partial charge >= 0.3 is 5.97 Å². The van der Waals surface area contributed by atoms with Gasteiger partial charge in [-0.25, -0.2) is 0 Å². The smallest absolute Gasteiger partial charge is 0.320 e. The number of carboxylic acid groups (broad SMARTS) is 1. The van der Waals surface area contributed by atoms with Crippen LogP contribution in [0.2, 0.25) is 0 Å². The second-order valence-electron chi connectivity index (χ2n) is 3.93. The summed E-state index contributed by atoms with van der Waals surface area (Å²) in [6, 6.07) is 2.63. The van der Waals surface area contributed by atoms with Crippen LogP contribution in [0.15, 0.2) is 12.1 Å². The van der Waals surface area contributed by atoms with E-state index in [9.17, 15) is 4.79 Å². The average Bonchev–Trinajstić information content (AvgIpc) is 2.37. The summed E-state index contributed by atoms with van der Waals surface area (Å²) in [5.74, 6) is 0.345. The van der Waals surface area contributed by atoms with Gasteiger partial charge in [0.2, 0.25) is 0 Å². The van der Waals surface area contributed by atoms with Gasteiger partial charge in [-0.15, -0.1) is 0 Å². The van der Waals surface area contributed by atoms with Crippen molar-refractivity contribution >= 4 is 5.97 Å². The van der Waals surface area contributed by atoms with Crippen molar-refractivity contribution in [2.75, 3.05) is 14.2 Å². The number of ether oxygens (including phenoxy) is 2. The fraction of sp³-hybridized carbons (Fsp3) is 0.462. The van der Waals surface area contributed by atoms with Crippen LogP contribution in [0.4, 0.5) is 0 Å². The molecular weight excluding hydrogens is 234 g/mol. The number of aliphatic carboxylic acids is 1. The van der Waals surface area contributed by atoms with Gasteiger partial charge < -0.3 is 20.3 Å². The molecule has 0 spiro atoms. The maximum absolute atomic E-state index is 10.9. The highest BCUT2D eigenvalue weighted by Crippen LogP contribution is 2.31. The SMILES string of the molecule is CCc1c(OC)ccc(OC)c1CC(N)C(=O)O. The molecule has 0 aliphatic carbocycles. The van der Waals surface area contributed by atoms with Crippen molar-refractivity contribution in [2.45, 2.75) is 25.8 Å². The van der Waals surface area contributed by atoms with Crippen molar-refractivity contribution in [2.24, 2.45) is 5.73 Å². The molecular formula is C13H19NO4. The summed E-state index contributed by atoms with van der Waals surface area (Å²) in [5.41, 5.74) is 7.33. The number of benzene rings is 1. The number of hydrogen-bond donors (Lipinski definition) is 2. The quantitative estimate of drug-likeness (QED) is 0.796. The molecule has 0 aliphatic rings. The highest BCUT2D eigenvalue weighted by atomic mass is 16.5. The Balaban J connectivity index is 3.23. The minimum Gasteiger partial charge on any atom is -0.496 e. The van der Waals surface area contributed by atoms with E-state index in [0.717, 1.165) is 23.3 Å². The van der Waals surface area contributed by atoms with Gasteiger partial charge in [0, 0.05) is 17.5 Å². The summed E-state index contributed by atoms with van der Waals surface area (Å²) in [6.07, 6.45) is 0.945. The number of nitrogens with two attached hydrogens (primary N) is 1. The largest absolute Gasteiger partial charge is 0.496 e. The zero-order valence-corrected chi connectivity index (χ0v) is 10.9. The summed E-state index contributed by atoms with van der Waals surface area (Å²) in [7, 11) is 3.14.